The van der Waals surface area contributed by atoms with Crippen molar-refractivity contribution in [2.24, 2.45) is 0 Å². The molecule has 8 nitrogen and oxygen atoms in total. The normalized spacial score (nSPS) is 10.3. The highest BCUT2D eigenvalue weighted by Gasteiger charge is 2.12. The molecule has 0 saturated heterocycles. The van der Waals surface area contributed by atoms with Gasteiger partial charge in [-0.1, -0.05) is 0 Å². The van der Waals surface area contributed by atoms with E-state index in [0.29, 0.717) is 29.6 Å². The molecule has 2 aromatic heterocycles. The zero-order valence-electron chi connectivity index (χ0n) is 17.7. The molecule has 0 spiro atoms. The summed E-state index contributed by atoms with van der Waals surface area (Å²) >= 11 is 0. The van der Waals surface area contributed by atoms with Crippen molar-refractivity contribution in [3.05, 3.63) is 84.8 Å². The Bertz CT molecular complexity index is 1140. The van der Waals surface area contributed by atoms with Crippen LogP contribution in [0.3, 0.4) is 0 Å². The highest BCUT2D eigenvalue weighted by atomic mass is 16.5. The van der Waals surface area contributed by atoms with Gasteiger partial charge in [0.15, 0.2) is 0 Å². The summed E-state index contributed by atoms with van der Waals surface area (Å²) in [6.45, 7) is 0.559. The Morgan fingerprint density at radius 2 is 1.28 bits per heavy atom. The largest absolute Gasteiger partial charge is 0.497 e. The number of ether oxygens (including phenoxy) is 4. The molecule has 0 fully saturated rings. The number of rotatable bonds is 9. The molecule has 0 saturated carbocycles. The van der Waals surface area contributed by atoms with Gasteiger partial charge >= 0.3 is 6.01 Å². The van der Waals surface area contributed by atoms with Gasteiger partial charge in [-0.25, -0.2) is 4.98 Å². The molecule has 4 aromatic rings. The lowest BCUT2D eigenvalue weighted by Crippen LogP contribution is -2.04. The predicted octanol–water partition coefficient (Wildman–Crippen LogP) is 5.09. The summed E-state index contributed by atoms with van der Waals surface area (Å²) in [7, 11) is 3.23. The van der Waals surface area contributed by atoms with Crippen molar-refractivity contribution < 1.29 is 18.9 Å². The Hall–Kier alpha value is -4.33. The standard InChI is InChI=1S/C24H22N4O4/c1-29-18-3-7-20(8-4-18)31-23-22(26-15-17-11-13-25-14-12-17)16-27-24(28-23)32-21-9-5-19(30-2)6-10-21/h3-14,16,26H,15H2,1-2H3. The summed E-state index contributed by atoms with van der Waals surface area (Å²) in [5.41, 5.74) is 1.69. The zero-order valence-corrected chi connectivity index (χ0v) is 17.7. The molecule has 4 rings (SSSR count). The van der Waals surface area contributed by atoms with Gasteiger partial charge in [-0.3, -0.25) is 4.98 Å². The van der Waals surface area contributed by atoms with Crippen LogP contribution in [0.5, 0.6) is 34.9 Å². The minimum Gasteiger partial charge on any atom is -0.497 e. The van der Waals surface area contributed by atoms with Gasteiger partial charge < -0.3 is 24.3 Å². The highest BCUT2D eigenvalue weighted by Crippen LogP contribution is 2.31. The minimum atomic E-state index is 0.160. The van der Waals surface area contributed by atoms with Crippen molar-refractivity contribution in [2.75, 3.05) is 19.5 Å². The van der Waals surface area contributed by atoms with E-state index in [-0.39, 0.29) is 6.01 Å². The summed E-state index contributed by atoms with van der Waals surface area (Å²) in [4.78, 5) is 12.8. The fourth-order valence-corrected chi connectivity index (χ4v) is 2.80. The number of hydrogen-bond donors (Lipinski definition) is 1. The van der Waals surface area contributed by atoms with Gasteiger partial charge in [0.25, 0.3) is 0 Å². The molecule has 2 aromatic carbocycles. The van der Waals surface area contributed by atoms with Gasteiger partial charge in [-0.05, 0) is 66.2 Å². The average Bonchev–Trinajstić information content (AvgIpc) is 2.85. The van der Waals surface area contributed by atoms with Crippen LogP contribution in [-0.2, 0) is 6.54 Å². The minimum absolute atomic E-state index is 0.160. The molecule has 0 aliphatic heterocycles. The molecular weight excluding hydrogens is 408 g/mol. The first-order valence-corrected chi connectivity index (χ1v) is 9.87. The van der Waals surface area contributed by atoms with E-state index in [9.17, 15) is 0 Å². The van der Waals surface area contributed by atoms with E-state index in [1.165, 1.54) is 0 Å². The first-order chi connectivity index (χ1) is 15.7. The second-order valence-corrected chi connectivity index (χ2v) is 6.64. The van der Waals surface area contributed by atoms with Gasteiger partial charge in [0.05, 0.1) is 20.4 Å². The van der Waals surface area contributed by atoms with Crippen LogP contribution in [0, 0.1) is 0 Å². The maximum Gasteiger partial charge on any atom is 0.325 e. The Kier molecular flexibility index (Phi) is 6.62. The molecule has 0 aliphatic carbocycles. The fourth-order valence-electron chi connectivity index (χ4n) is 2.80. The Balaban J connectivity index is 1.57. The van der Waals surface area contributed by atoms with Crippen molar-refractivity contribution in [1.82, 2.24) is 15.0 Å². The highest BCUT2D eigenvalue weighted by molar-refractivity contribution is 5.53. The summed E-state index contributed by atoms with van der Waals surface area (Å²) in [6, 6.07) is 18.4. The average molecular weight is 430 g/mol. The van der Waals surface area contributed by atoms with E-state index in [0.717, 1.165) is 17.1 Å². The van der Waals surface area contributed by atoms with Gasteiger partial charge in [-0.15, -0.1) is 0 Å². The van der Waals surface area contributed by atoms with Crippen LogP contribution in [-0.4, -0.2) is 29.2 Å². The second kappa shape index (κ2) is 10.1. The van der Waals surface area contributed by atoms with Crippen LogP contribution in [0.1, 0.15) is 5.56 Å². The number of anilines is 1. The topological polar surface area (TPSA) is 87.6 Å². The van der Waals surface area contributed by atoms with Crippen molar-refractivity contribution >= 4 is 5.69 Å². The predicted molar refractivity (Wildman–Crippen MR) is 120 cm³/mol. The molecule has 0 atom stereocenters. The molecule has 162 valence electrons. The van der Waals surface area contributed by atoms with Crippen LogP contribution in [0.15, 0.2) is 79.3 Å². The third-order valence-electron chi connectivity index (χ3n) is 4.51. The molecule has 0 radical (unpaired) electrons. The molecule has 0 amide bonds. The summed E-state index contributed by atoms with van der Waals surface area (Å²) < 4.78 is 22.2. The van der Waals surface area contributed by atoms with Crippen LogP contribution in [0.2, 0.25) is 0 Å². The quantitative estimate of drug-likeness (QED) is 0.393. The van der Waals surface area contributed by atoms with E-state index in [2.05, 4.69) is 20.3 Å². The van der Waals surface area contributed by atoms with E-state index >= 15 is 0 Å². The Morgan fingerprint density at radius 3 is 1.88 bits per heavy atom. The van der Waals surface area contributed by atoms with Crippen LogP contribution in [0.25, 0.3) is 0 Å². The number of nitrogens with one attached hydrogen (secondary N) is 1. The summed E-state index contributed by atoms with van der Waals surface area (Å²) in [5, 5.41) is 3.30. The number of pyridine rings is 1. The third kappa shape index (κ3) is 5.42. The van der Waals surface area contributed by atoms with Gasteiger partial charge in [-0.2, -0.15) is 4.98 Å². The van der Waals surface area contributed by atoms with E-state index < -0.39 is 0 Å². The smallest absolute Gasteiger partial charge is 0.325 e. The molecule has 0 aliphatic rings. The maximum atomic E-state index is 6.03. The summed E-state index contributed by atoms with van der Waals surface area (Å²) in [6.07, 6.45) is 5.12. The first-order valence-electron chi connectivity index (χ1n) is 9.87. The van der Waals surface area contributed by atoms with Crippen molar-refractivity contribution in [3.63, 3.8) is 0 Å². The van der Waals surface area contributed by atoms with Crippen molar-refractivity contribution in [2.45, 2.75) is 6.54 Å². The number of benzene rings is 2. The van der Waals surface area contributed by atoms with Crippen molar-refractivity contribution in [3.8, 4) is 34.9 Å². The van der Waals surface area contributed by atoms with Crippen molar-refractivity contribution in [1.29, 1.82) is 0 Å². The lowest BCUT2D eigenvalue weighted by atomic mass is 10.2. The lowest BCUT2D eigenvalue weighted by Gasteiger charge is -2.13. The van der Waals surface area contributed by atoms with Crippen LogP contribution in [0.4, 0.5) is 5.69 Å². The van der Waals surface area contributed by atoms with Gasteiger partial charge in [0, 0.05) is 18.9 Å². The van der Waals surface area contributed by atoms with E-state index in [4.69, 9.17) is 18.9 Å². The van der Waals surface area contributed by atoms with E-state index in [1.807, 2.05) is 24.3 Å². The molecule has 32 heavy (non-hydrogen) atoms. The molecule has 2 heterocycles. The molecule has 8 heteroatoms. The monoisotopic (exact) mass is 430 g/mol. The fraction of sp³-hybridized carbons (Fsp3) is 0.125. The second-order valence-electron chi connectivity index (χ2n) is 6.64. The lowest BCUT2D eigenvalue weighted by molar-refractivity contribution is 0.402. The Labute approximate surface area is 185 Å². The van der Waals surface area contributed by atoms with Gasteiger partial charge in [0.1, 0.15) is 28.7 Å². The van der Waals surface area contributed by atoms with Gasteiger partial charge in [0.2, 0.25) is 5.88 Å². The summed E-state index contributed by atoms with van der Waals surface area (Å²) in [5.74, 6) is 2.99. The van der Waals surface area contributed by atoms with E-state index in [1.54, 1.807) is 69.2 Å². The number of nitrogens with zero attached hydrogens (tertiary/aromatic N) is 3. The molecule has 0 unspecified atom stereocenters. The van der Waals surface area contributed by atoms with Crippen LogP contribution >= 0.6 is 0 Å². The number of aromatic nitrogens is 3. The number of methoxy groups -OCH3 is 2. The molecule has 0 bridgehead atoms. The Morgan fingerprint density at radius 1 is 0.719 bits per heavy atom. The third-order valence-corrected chi connectivity index (χ3v) is 4.51. The van der Waals surface area contributed by atoms with Crippen LogP contribution < -0.4 is 24.3 Å². The zero-order chi connectivity index (χ0) is 22.2. The maximum absolute atomic E-state index is 6.03. The molecule has 1 N–H and O–H groups in total. The first kappa shape index (κ1) is 20.9. The SMILES string of the molecule is COc1ccc(Oc2ncc(NCc3ccncc3)c(Oc3ccc(OC)cc3)n2)cc1. The number of hydrogen-bond acceptors (Lipinski definition) is 8. The molecular formula is C24H22N4O4.